The first-order chi connectivity index (χ1) is 4.86. The lowest BCUT2D eigenvalue weighted by atomic mass is 9.86. The molecule has 56 valence electrons. The summed E-state index contributed by atoms with van der Waals surface area (Å²) in [6, 6.07) is 0.823. The van der Waals surface area contributed by atoms with Crippen molar-refractivity contribution in [3.63, 3.8) is 0 Å². The molecule has 1 fully saturated rings. The first kappa shape index (κ1) is 6.41. The Balaban J connectivity index is 2.08. The maximum atomic E-state index is 3.53. The van der Waals surface area contributed by atoms with E-state index in [0.29, 0.717) is 0 Å². The minimum atomic E-state index is 0.823. The van der Waals surface area contributed by atoms with Crippen molar-refractivity contribution < 1.29 is 0 Å². The highest BCUT2D eigenvalue weighted by Gasteiger charge is 2.28. The Morgan fingerprint density at radius 1 is 1.60 bits per heavy atom. The lowest BCUT2D eigenvalue weighted by molar-refractivity contribution is 0.427. The summed E-state index contributed by atoms with van der Waals surface area (Å²) in [5.41, 5.74) is 1.60. The summed E-state index contributed by atoms with van der Waals surface area (Å²) in [6.45, 7) is 3.50. The second-order valence-electron chi connectivity index (χ2n) is 3.60. The molecule has 1 nitrogen and oxygen atoms in total. The van der Waals surface area contributed by atoms with E-state index in [1.807, 2.05) is 0 Å². The van der Waals surface area contributed by atoms with Crippen LogP contribution in [0, 0.1) is 5.92 Å². The van der Waals surface area contributed by atoms with E-state index in [4.69, 9.17) is 0 Å². The first-order valence-corrected chi connectivity index (χ1v) is 4.25. The molecule has 0 saturated carbocycles. The fourth-order valence-corrected chi connectivity index (χ4v) is 2.17. The van der Waals surface area contributed by atoms with E-state index in [2.05, 4.69) is 18.3 Å². The van der Waals surface area contributed by atoms with Crippen LogP contribution in [0.5, 0.6) is 0 Å². The van der Waals surface area contributed by atoms with Crippen LogP contribution >= 0.6 is 0 Å². The van der Waals surface area contributed by atoms with Crippen LogP contribution in [0.25, 0.3) is 0 Å². The van der Waals surface area contributed by atoms with E-state index >= 15 is 0 Å². The molecular weight excluding hydrogens is 122 g/mol. The van der Waals surface area contributed by atoms with Crippen molar-refractivity contribution in [3.05, 3.63) is 11.6 Å². The number of nitrogens with one attached hydrogen (secondary N) is 1. The van der Waals surface area contributed by atoms with Gasteiger partial charge in [0, 0.05) is 6.04 Å². The number of fused-ring (bicyclic) bond motifs is 1. The molecule has 1 saturated heterocycles. The van der Waals surface area contributed by atoms with Crippen LogP contribution in [0.2, 0.25) is 0 Å². The van der Waals surface area contributed by atoms with Crippen molar-refractivity contribution in [2.24, 2.45) is 5.92 Å². The summed E-state index contributed by atoms with van der Waals surface area (Å²) in [7, 11) is 0. The maximum Gasteiger partial charge on any atom is 0.0133 e. The molecule has 10 heavy (non-hydrogen) atoms. The highest BCUT2D eigenvalue weighted by molar-refractivity contribution is 5.09. The Bertz CT molecular complexity index is 160. The molecule has 2 aliphatic rings. The minimum Gasteiger partial charge on any atom is -0.313 e. The van der Waals surface area contributed by atoms with Crippen LogP contribution in [-0.4, -0.2) is 12.6 Å². The van der Waals surface area contributed by atoms with Gasteiger partial charge in [-0.05, 0) is 38.6 Å². The molecule has 1 aliphatic carbocycles. The summed E-state index contributed by atoms with van der Waals surface area (Å²) in [5, 5.41) is 3.53. The quantitative estimate of drug-likeness (QED) is 0.501. The first-order valence-electron chi connectivity index (χ1n) is 4.25. The summed E-state index contributed by atoms with van der Waals surface area (Å²) in [4.78, 5) is 0. The molecule has 2 atom stereocenters. The molecule has 0 spiro atoms. The number of hydrogen-bond acceptors (Lipinski definition) is 1. The minimum absolute atomic E-state index is 0.823. The SMILES string of the molecule is CC1=CCC2NCCC2C1. The molecule has 1 N–H and O–H groups in total. The molecule has 0 aromatic carbocycles. The molecular formula is C9H15N. The van der Waals surface area contributed by atoms with Gasteiger partial charge < -0.3 is 5.32 Å². The van der Waals surface area contributed by atoms with Crippen LogP contribution in [0.1, 0.15) is 26.2 Å². The van der Waals surface area contributed by atoms with Gasteiger partial charge in [0.15, 0.2) is 0 Å². The third-order valence-corrected chi connectivity index (χ3v) is 2.80. The van der Waals surface area contributed by atoms with Gasteiger partial charge in [0.05, 0.1) is 0 Å². The standard InChI is InChI=1S/C9H15N/c1-7-2-3-9-8(6-7)4-5-10-9/h2,8-10H,3-6H2,1H3. The van der Waals surface area contributed by atoms with Gasteiger partial charge in [-0.1, -0.05) is 11.6 Å². The highest BCUT2D eigenvalue weighted by Crippen LogP contribution is 2.29. The normalized spacial score (nSPS) is 39.1. The second kappa shape index (κ2) is 2.39. The molecule has 0 radical (unpaired) electrons. The van der Waals surface area contributed by atoms with E-state index in [1.165, 1.54) is 25.8 Å². The fourth-order valence-electron chi connectivity index (χ4n) is 2.17. The molecule has 1 aliphatic heterocycles. The summed E-state index contributed by atoms with van der Waals surface area (Å²) in [6.07, 6.45) is 6.41. The van der Waals surface area contributed by atoms with Gasteiger partial charge >= 0.3 is 0 Å². The van der Waals surface area contributed by atoms with Crippen LogP contribution in [0.15, 0.2) is 11.6 Å². The van der Waals surface area contributed by atoms with Crippen molar-refractivity contribution in [1.82, 2.24) is 5.32 Å². The van der Waals surface area contributed by atoms with Crippen LogP contribution in [0.4, 0.5) is 0 Å². The largest absolute Gasteiger partial charge is 0.313 e. The second-order valence-corrected chi connectivity index (χ2v) is 3.60. The topological polar surface area (TPSA) is 12.0 Å². The van der Waals surface area contributed by atoms with Crippen molar-refractivity contribution in [1.29, 1.82) is 0 Å². The van der Waals surface area contributed by atoms with E-state index < -0.39 is 0 Å². The van der Waals surface area contributed by atoms with Gasteiger partial charge in [-0.25, -0.2) is 0 Å². The highest BCUT2D eigenvalue weighted by atomic mass is 14.9. The van der Waals surface area contributed by atoms with Crippen LogP contribution < -0.4 is 5.32 Å². The Morgan fingerprint density at radius 3 is 3.40 bits per heavy atom. The predicted molar refractivity (Wildman–Crippen MR) is 42.9 cm³/mol. The molecule has 1 heterocycles. The Morgan fingerprint density at radius 2 is 2.50 bits per heavy atom. The van der Waals surface area contributed by atoms with Crippen LogP contribution in [-0.2, 0) is 0 Å². The Labute approximate surface area is 62.5 Å². The Kier molecular flexibility index (Phi) is 1.53. The monoisotopic (exact) mass is 137 g/mol. The lowest BCUT2D eigenvalue weighted by Crippen LogP contribution is -2.28. The van der Waals surface area contributed by atoms with E-state index in [9.17, 15) is 0 Å². The predicted octanol–water partition coefficient (Wildman–Crippen LogP) is 1.70. The summed E-state index contributed by atoms with van der Waals surface area (Å²) >= 11 is 0. The van der Waals surface area contributed by atoms with Gasteiger partial charge in [-0.15, -0.1) is 0 Å². The summed E-state index contributed by atoms with van der Waals surface area (Å²) in [5.74, 6) is 0.963. The van der Waals surface area contributed by atoms with Crippen molar-refractivity contribution in [3.8, 4) is 0 Å². The van der Waals surface area contributed by atoms with Crippen molar-refractivity contribution in [2.45, 2.75) is 32.2 Å². The molecule has 0 aromatic rings. The van der Waals surface area contributed by atoms with Gasteiger partial charge in [0.25, 0.3) is 0 Å². The Hall–Kier alpha value is -0.300. The zero-order valence-corrected chi connectivity index (χ0v) is 6.56. The van der Waals surface area contributed by atoms with Gasteiger partial charge in [0.2, 0.25) is 0 Å². The van der Waals surface area contributed by atoms with Gasteiger partial charge in [-0.2, -0.15) is 0 Å². The number of rotatable bonds is 0. The van der Waals surface area contributed by atoms with Crippen molar-refractivity contribution >= 4 is 0 Å². The summed E-state index contributed by atoms with van der Waals surface area (Å²) < 4.78 is 0. The van der Waals surface area contributed by atoms with E-state index in [0.717, 1.165) is 12.0 Å². The lowest BCUT2D eigenvalue weighted by Gasteiger charge is -2.23. The average molecular weight is 137 g/mol. The molecule has 2 unspecified atom stereocenters. The molecule has 1 heteroatoms. The van der Waals surface area contributed by atoms with Gasteiger partial charge in [0.1, 0.15) is 0 Å². The average Bonchev–Trinajstić information content (AvgIpc) is 2.33. The molecule has 0 bridgehead atoms. The van der Waals surface area contributed by atoms with Gasteiger partial charge in [-0.3, -0.25) is 0 Å². The smallest absolute Gasteiger partial charge is 0.0133 e. The zero-order valence-electron chi connectivity index (χ0n) is 6.56. The fraction of sp³-hybridized carbons (Fsp3) is 0.778. The maximum absolute atomic E-state index is 3.53. The number of allylic oxidation sites excluding steroid dienone is 1. The van der Waals surface area contributed by atoms with Crippen molar-refractivity contribution in [2.75, 3.05) is 6.54 Å². The third-order valence-electron chi connectivity index (χ3n) is 2.80. The third kappa shape index (κ3) is 0.988. The molecule has 2 rings (SSSR count). The molecule has 0 aromatic heterocycles. The van der Waals surface area contributed by atoms with Crippen LogP contribution in [0.3, 0.4) is 0 Å². The number of hydrogen-bond donors (Lipinski definition) is 1. The zero-order chi connectivity index (χ0) is 6.97. The van der Waals surface area contributed by atoms with E-state index in [-0.39, 0.29) is 0 Å². The molecule has 0 amide bonds. The van der Waals surface area contributed by atoms with E-state index in [1.54, 1.807) is 5.57 Å².